The highest BCUT2D eigenvalue weighted by Gasteiger charge is 2.11. The molecule has 21 heavy (non-hydrogen) atoms. The van der Waals surface area contributed by atoms with E-state index in [0.29, 0.717) is 23.1 Å². The van der Waals surface area contributed by atoms with Crippen LogP contribution in [0.15, 0.2) is 46.9 Å². The van der Waals surface area contributed by atoms with Crippen molar-refractivity contribution >= 4 is 33.5 Å². The Hall–Kier alpha value is -1.72. The monoisotopic (exact) mass is 370 g/mol. The molecule has 0 amide bonds. The Morgan fingerprint density at radius 1 is 1.10 bits per heavy atom. The molecule has 2 aromatic carbocycles. The molecule has 0 saturated carbocycles. The number of carbonyl (C=O) groups is 1. The number of aromatic carboxylic acids is 1. The number of hydrogen-bond acceptors (Lipinski definition) is 3. The maximum absolute atomic E-state index is 11.1. The highest BCUT2D eigenvalue weighted by atomic mass is 79.9. The molecule has 1 N–H and O–H groups in total. The van der Waals surface area contributed by atoms with E-state index in [4.69, 9.17) is 26.2 Å². The number of ether oxygens (including phenoxy) is 2. The Labute approximate surface area is 135 Å². The molecule has 0 aliphatic heterocycles. The van der Waals surface area contributed by atoms with Crippen molar-refractivity contribution in [1.29, 1.82) is 0 Å². The lowest BCUT2D eigenvalue weighted by atomic mass is 10.2. The minimum Gasteiger partial charge on any atom is -0.490 e. The van der Waals surface area contributed by atoms with Gasteiger partial charge in [0.1, 0.15) is 30.3 Å². The Kier molecular flexibility index (Phi) is 5.47. The maximum atomic E-state index is 11.1. The van der Waals surface area contributed by atoms with Crippen LogP contribution in [0.2, 0.25) is 5.02 Å². The van der Waals surface area contributed by atoms with Crippen molar-refractivity contribution in [3.05, 3.63) is 57.5 Å². The van der Waals surface area contributed by atoms with Gasteiger partial charge in [-0.2, -0.15) is 0 Å². The lowest BCUT2D eigenvalue weighted by Gasteiger charge is -2.10. The van der Waals surface area contributed by atoms with Crippen LogP contribution in [0, 0.1) is 0 Å². The quantitative estimate of drug-likeness (QED) is 0.771. The predicted octanol–water partition coefficient (Wildman–Crippen LogP) is 4.26. The van der Waals surface area contributed by atoms with Crippen LogP contribution < -0.4 is 9.47 Å². The third-order valence-corrected chi connectivity index (χ3v) is 3.34. The highest BCUT2D eigenvalue weighted by Crippen LogP contribution is 2.24. The second kappa shape index (κ2) is 7.33. The molecule has 0 atom stereocenters. The average molecular weight is 372 g/mol. The van der Waals surface area contributed by atoms with Gasteiger partial charge in [0.2, 0.25) is 0 Å². The zero-order valence-electron chi connectivity index (χ0n) is 10.9. The maximum Gasteiger partial charge on any atom is 0.339 e. The molecule has 2 aromatic rings. The molecule has 4 nitrogen and oxygen atoms in total. The first-order valence-corrected chi connectivity index (χ1v) is 7.27. The zero-order valence-corrected chi connectivity index (χ0v) is 13.2. The van der Waals surface area contributed by atoms with E-state index in [1.165, 1.54) is 6.07 Å². The first-order valence-electron chi connectivity index (χ1n) is 6.10. The fraction of sp³-hybridized carbons (Fsp3) is 0.133. The second-order valence-electron chi connectivity index (χ2n) is 4.10. The lowest BCUT2D eigenvalue weighted by Crippen LogP contribution is -2.11. The normalized spacial score (nSPS) is 10.2. The summed E-state index contributed by atoms with van der Waals surface area (Å²) >= 11 is 9.06. The standard InChI is InChI=1S/C15H12BrClO4/c16-10-1-6-13(15(18)19)14(9-10)21-8-7-20-12-4-2-11(17)3-5-12/h1-6,9H,7-8H2,(H,18,19). The van der Waals surface area contributed by atoms with Gasteiger partial charge in [-0.3, -0.25) is 0 Å². The van der Waals surface area contributed by atoms with Gasteiger partial charge in [0.05, 0.1) is 0 Å². The minimum absolute atomic E-state index is 0.115. The van der Waals surface area contributed by atoms with Gasteiger partial charge in [0.25, 0.3) is 0 Å². The van der Waals surface area contributed by atoms with Crippen molar-refractivity contribution in [2.24, 2.45) is 0 Å². The lowest BCUT2D eigenvalue weighted by molar-refractivity contribution is 0.0691. The first-order chi connectivity index (χ1) is 10.1. The smallest absolute Gasteiger partial charge is 0.339 e. The van der Waals surface area contributed by atoms with Crippen LogP contribution in [-0.4, -0.2) is 24.3 Å². The third kappa shape index (κ3) is 4.65. The van der Waals surface area contributed by atoms with Gasteiger partial charge in [-0.05, 0) is 42.5 Å². The van der Waals surface area contributed by atoms with Crippen molar-refractivity contribution in [3.8, 4) is 11.5 Å². The largest absolute Gasteiger partial charge is 0.490 e. The predicted molar refractivity (Wildman–Crippen MR) is 83.5 cm³/mol. The molecule has 0 saturated heterocycles. The molecule has 0 fully saturated rings. The zero-order chi connectivity index (χ0) is 15.2. The molecule has 110 valence electrons. The number of hydrogen-bond donors (Lipinski definition) is 1. The van der Waals surface area contributed by atoms with E-state index in [9.17, 15) is 4.79 Å². The SMILES string of the molecule is O=C(O)c1ccc(Br)cc1OCCOc1ccc(Cl)cc1. The molecule has 2 rings (SSSR count). The van der Waals surface area contributed by atoms with Gasteiger partial charge in [-0.25, -0.2) is 4.79 Å². The molecule has 0 aliphatic carbocycles. The van der Waals surface area contributed by atoms with Gasteiger partial charge in [-0.15, -0.1) is 0 Å². The number of rotatable bonds is 6. The fourth-order valence-electron chi connectivity index (χ4n) is 1.63. The van der Waals surface area contributed by atoms with Gasteiger partial charge in [-0.1, -0.05) is 27.5 Å². The topological polar surface area (TPSA) is 55.8 Å². The van der Waals surface area contributed by atoms with Crippen LogP contribution >= 0.6 is 27.5 Å². The summed E-state index contributed by atoms with van der Waals surface area (Å²) in [5.74, 6) is -0.0524. The van der Waals surface area contributed by atoms with Crippen LogP contribution in [0.1, 0.15) is 10.4 Å². The van der Waals surface area contributed by atoms with E-state index in [0.717, 1.165) is 4.47 Å². The van der Waals surface area contributed by atoms with Crippen molar-refractivity contribution in [1.82, 2.24) is 0 Å². The molecule has 0 radical (unpaired) electrons. The molecule has 6 heteroatoms. The fourth-order valence-corrected chi connectivity index (χ4v) is 2.10. The Morgan fingerprint density at radius 3 is 2.43 bits per heavy atom. The van der Waals surface area contributed by atoms with E-state index < -0.39 is 5.97 Å². The van der Waals surface area contributed by atoms with E-state index in [2.05, 4.69) is 15.9 Å². The molecule has 0 heterocycles. The summed E-state index contributed by atoms with van der Waals surface area (Å²) < 4.78 is 11.7. The van der Waals surface area contributed by atoms with Crippen molar-refractivity contribution in [2.75, 3.05) is 13.2 Å². The summed E-state index contributed by atoms with van der Waals surface area (Å²) in [6, 6.07) is 11.7. The number of carboxylic acids is 1. The van der Waals surface area contributed by atoms with Crippen LogP contribution in [-0.2, 0) is 0 Å². The molecular formula is C15H12BrClO4. The molecular weight excluding hydrogens is 360 g/mol. The molecule has 0 aromatic heterocycles. The Balaban J connectivity index is 1.90. The van der Waals surface area contributed by atoms with Gasteiger partial charge in [0, 0.05) is 9.50 Å². The summed E-state index contributed by atoms with van der Waals surface area (Å²) in [6.45, 7) is 0.534. The molecule has 0 bridgehead atoms. The van der Waals surface area contributed by atoms with Gasteiger partial charge >= 0.3 is 5.97 Å². The van der Waals surface area contributed by atoms with Crippen molar-refractivity contribution in [3.63, 3.8) is 0 Å². The minimum atomic E-state index is -1.03. The summed E-state index contributed by atoms with van der Waals surface area (Å²) in [5, 5.41) is 9.72. The van der Waals surface area contributed by atoms with Crippen LogP contribution in [0.25, 0.3) is 0 Å². The number of carboxylic acid groups (broad SMARTS) is 1. The summed E-state index contributed by atoms with van der Waals surface area (Å²) in [5.41, 5.74) is 0.115. The van der Waals surface area contributed by atoms with E-state index in [-0.39, 0.29) is 12.2 Å². The molecule has 0 spiro atoms. The summed E-state index contributed by atoms with van der Waals surface area (Å²) in [7, 11) is 0. The van der Waals surface area contributed by atoms with Crippen LogP contribution in [0.4, 0.5) is 0 Å². The van der Waals surface area contributed by atoms with Crippen LogP contribution in [0.5, 0.6) is 11.5 Å². The van der Waals surface area contributed by atoms with E-state index in [1.807, 2.05) is 0 Å². The van der Waals surface area contributed by atoms with Crippen LogP contribution in [0.3, 0.4) is 0 Å². The Morgan fingerprint density at radius 2 is 1.76 bits per heavy atom. The van der Waals surface area contributed by atoms with Crippen molar-refractivity contribution < 1.29 is 19.4 Å². The third-order valence-electron chi connectivity index (χ3n) is 2.60. The van der Waals surface area contributed by atoms with E-state index >= 15 is 0 Å². The average Bonchev–Trinajstić information content (AvgIpc) is 2.45. The number of benzene rings is 2. The molecule has 0 unspecified atom stereocenters. The van der Waals surface area contributed by atoms with Crippen molar-refractivity contribution in [2.45, 2.75) is 0 Å². The van der Waals surface area contributed by atoms with Gasteiger partial charge in [0.15, 0.2) is 0 Å². The van der Waals surface area contributed by atoms with E-state index in [1.54, 1.807) is 36.4 Å². The highest BCUT2D eigenvalue weighted by molar-refractivity contribution is 9.10. The second-order valence-corrected chi connectivity index (χ2v) is 5.45. The number of halogens is 2. The summed E-state index contributed by atoms with van der Waals surface area (Å²) in [4.78, 5) is 11.1. The Bertz CT molecular complexity index is 628. The van der Waals surface area contributed by atoms with Gasteiger partial charge < -0.3 is 14.6 Å². The summed E-state index contributed by atoms with van der Waals surface area (Å²) in [6.07, 6.45) is 0. The molecule has 0 aliphatic rings. The first kappa shape index (κ1) is 15.7.